The first kappa shape index (κ1) is 17.8. The minimum atomic E-state index is 0.479. The molecule has 27 heavy (non-hydrogen) atoms. The summed E-state index contributed by atoms with van der Waals surface area (Å²) in [6.07, 6.45) is 6.28. The third-order valence-electron chi connectivity index (χ3n) is 5.33. The number of benzene rings is 1. The van der Waals surface area contributed by atoms with Gasteiger partial charge >= 0.3 is 0 Å². The van der Waals surface area contributed by atoms with Gasteiger partial charge in [-0.1, -0.05) is 0 Å². The third kappa shape index (κ3) is 3.76. The van der Waals surface area contributed by atoms with Crippen LogP contribution >= 0.6 is 0 Å². The Labute approximate surface area is 159 Å². The minimum Gasteiger partial charge on any atom is -0.497 e. The van der Waals surface area contributed by atoms with E-state index in [0.717, 1.165) is 42.4 Å². The van der Waals surface area contributed by atoms with Gasteiger partial charge in [0.2, 0.25) is 5.89 Å². The topological polar surface area (TPSA) is 56.3 Å². The number of imidazole rings is 1. The summed E-state index contributed by atoms with van der Waals surface area (Å²) in [5.74, 6) is 4.04. The SMILES string of the molecule is COc1ccc(-c2nc(CN3CCCC(c4nccn4C)C3)c(C)o2)cc1. The van der Waals surface area contributed by atoms with Crippen LogP contribution in [0.1, 0.15) is 36.0 Å². The van der Waals surface area contributed by atoms with E-state index in [1.54, 1.807) is 7.11 Å². The largest absolute Gasteiger partial charge is 0.497 e. The fourth-order valence-corrected chi connectivity index (χ4v) is 3.82. The average Bonchev–Trinajstić information content (AvgIpc) is 3.28. The summed E-state index contributed by atoms with van der Waals surface area (Å²) in [6.45, 7) is 4.90. The van der Waals surface area contributed by atoms with E-state index < -0.39 is 0 Å². The van der Waals surface area contributed by atoms with Gasteiger partial charge in [0.05, 0.1) is 12.8 Å². The number of hydrogen-bond acceptors (Lipinski definition) is 5. The van der Waals surface area contributed by atoms with Gasteiger partial charge in [-0.25, -0.2) is 9.97 Å². The van der Waals surface area contributed by atoms with Gasteiger partial charge in [0.25, 0.3) is 0 Å². The molecule has 1 aliphatic rings. The van der Waals surface area contributed by atoms with Crippen molar-refractivity contribution in [1.29, 1.82) is 0 Å². The number of likely N-dealkylation sites (tertiary alicyclic amines) is 1. The molecule has 3 heterocycles. The predicted molar refractivity (Wildman–Crippen MR) is 104 cm³/mol. The first-order valence-electron chi connectivity index (χ1n) is 9.44. The fraction of sp³-hybridized carbons (Fsp3) is 0.429. The molecular formula is C21H26N4O2. The van der Waals surface area contributed by atoms with Crippen LogP contribution in [0.25, 0.3) is 11.5 Å². The van der Waals surface area contributed by atoms with Crippen LogP contribution in [0.15, 0.2) is 41.1 Å². The Hall–Kier alpha value is -2.60. The molecule has 0 N–H and O–H groups in total. The van der Waals surface area contributed by atoms with Crippen LogP contribution < -0.4 is 4.74 Å². The van der Waals surface area contributed by atoms with E-state index in [-0.39, 0.29) is 0 Å². The second kappa shape index (κ2) is 7.56. The van der Waals surface area contributed by atoms with Gasteiger partial charge in [0.15, 0.2) is 0 Å². The van der Waals surface area contributed by atoms with Crippen LogP contribution in [-0.4, -0.2) is 39.6 Å². The van der Waals surface area contributed by atoms with Gasteiger partial charge in [-0.15, -0.1) is 0 Å². The van der Waals surface area contributed by atoms with Crippen molar-refractivity contribution >= 4 is 0 Å². The number of hydrogen-bond donors (Lipinski definition) is 0. The first-order valence-corrected chi connectivity index (χ1v) is 9.44. The molecular weight excluding hydrogens is 340 g/mol. The molecule has 0 radical (unpaired) electrons. The standard InChI is InChI=1S/C21H26N4O2/c1-15-19(23-21(27-15)16-6-8-18(26-3)9-7-16)14-25-11-4-5-17(13-25)20-22-10-12-24(20)2/h6-10,12,17H,4-5,11,13-14H2,1-3H3. The van der Waals surface area contributed by atoms with Crippen molar-refractivity contribution in [2.45, 2.75) is 32.2 Å². The maximum absolute atomic E-state index is 5.94. The molecule has 1 saturated heterocycles. The Kier molecular flexibility index (Phi) is 4.99. The highest BCUT2D eigenvalue weighted by Gasteiger charge is 2.25. The molecule has 0 spiro atoms. The molecule has 0 amide bonds. The lowest BCUT2D eigenvalue weighted by Gasteiger charge is -2.31. The Morgan fingerprint density at radius 1 is 1.26 bits per heavy atom. The molecule has 1 fully saturated rings. The van der Waals surface area contributed by atoms with Gasteiger partial charge in [-0.05, 0) is 50.6 Å². The van der Waals surface area contributed by atoms with Crippen molar-refractivity contribution in [3.05, 3.63) is 53.9 Å². The van der Waals surface area contributed by atoms with E-state index >= 15 is 0 Å². The lowest BCUT2D eigenvalue weighted by Crippen LogP contribution is -2.35. The van der Waals surface area contributed by atoms with Crippen molar-refractivity contribution in [3.8, 4) is 17.2 Å². The van der Waals surface area contributed by atoms with E-state index in [0.29, 0.717) is 11.8 Å². The molecule has 1 aliphatic heterocycles. The summed E-state index contributed by atoms with van der Waals surface area (Å²) >= 11 is 0. The highest BCUT2D eigenvalue weighted by Crippen LogP contribution is 2.28. The predicted octanol–water partition coefficient (Wildman–Crippen LogP) is 3.77. The molecule has 0 bridgehead atoms. The van der Waals surface area contributed by atoms with Gasteiger partial charge in [0.1, 0.15) is 17.3 Å². The van der Waals surface area contributed by atoms with Crippen LogP contribution in [0.4, 0.5) is 0 Å². The van der Waals surface area contributed by atoms with Crippen molar-refractivity contribution in [1.82, 2.24) is 19.4 Å². The first-order chi connectivity index (χ1) is 13.1. The fourth-order valence-electron chi connectivity index (χ4n) is 3.82. The molecule has 1 aromatic carbocycles. The molecule has 1 unspecified atom stereocenters. The number of aromatic nitrogens is 3. The zero-order chi connectivity index (χ0) is 18.8. The summed E-state index contributed by atoms with van der Waals surface area (Å²) in [7, 11) is 3.74. The van der Waals surface area contributed by atoms with Crippen molar-refractivity contribution < 1.29 is 9.15 Å². The number of aryl methyl sites for hydroxylation is 2. The number of nitrogens with zero attached hydrogens (tertiary/aromatic N) is 4. The molecule has 6 nitrogen and oxygen atoms in total. The van der Waals surface area contributed by atoms with E-state index in [1.165, 1.54) is 18.7 Å². The number of piperidine rings is 1. The van der Waals surface area contributed by atoms with Crippen LogP contribution in [0.3, 0.4) is 0 Å². The lowest BCUT2D eigenvalue weighted by atomic mass is 9.97. The van der Waals surface area contributed by atoms with Crippen LogP contribution in [0, 0.1) is 6.92 Å². The monoisotopic (exact) mass is 366 g/mol. The molecule has 4 rings (SSSR count). The molecule has 142 valence electrons. The Balaban J connectivity index is 1.47. The van der Waals surface area contributed by atoms with E-state index in [4.69, 9.17) is 14.1 Å². The van der Waals surface area contributed by atoms with Crippen LogP contribution in [0.2, 0.25) is 0 Å². The van der Waals surface area contributed by atoms with Gasteiger partial charge in [0, 0.05) is 44.0 Å². The second-order valence-corrected chi connectivity index (χ2v) is 7.22. The Morgan fingerprint density at radius 3 is 2.78 bits per heavy atom. The smallest absolute Gasteiger partial charge is 0.226 e. The molecule has 0 aliphatic carbocycles. The summed E-state index contributed by atoms with van der Waals surface area (Å²) in [5, 5.41) is 0. The highest BCUT2D eigenvalue weighted by atomic mass is 16.5. The summed E-state index contributed by atoms with van der Waals surface area (Å²) in [5.41, 5.74) is 1.98. The molecule has 3 aromatic rings. The Bertz CT molecular complexity index is 897. The molecule has 0 saturated carbocycles. The Morgan fingerprint density at radius 2 is 2.07 bits per heavy atom. The number of methoxy groups -OCH3 is 1. The summed E-state index contributed by atoms with van der Waals surface area (Å²) < 4.78 is 13.3. The van der Waals surface area contributed by atoms with Crippen LogP contribution in [-0.2, 0) is 13.6 Å². The van der Waals surface area contributed by atoms with E-state index in [2.05, 4.69) is 21.5 Å². The normalized spacial score (nSPS) is 18.0. The van der Waals surface area contributed by atoms with Crippen LogP contribution in [0.5, 0.6) is 5.75 Å². The minimum absolute atomic E-state index is 0.479. The maximum atomic E-state index is 5.94. The molecule has 6 heteroatoms. The number of rotatable bonds is 5. The maximum Gasteiger partial charge on any atom is 0.226 e. The van der Waals surface area contributed by atoms with Crippen molar-refractivity contribution in [3.63, 3.8) is 0 Å². The molecule has 1 atom stereocenters. The van der Waals surface area contributed by atoms with Gasteiger partial charge < -0.3 is 13.7 Å². The number of oxazole rings is 1. The summed E-state index contributed by atoms with van der Waals surface area (Å²) in [6, 6.07) is 7.81. The van der Waals surface area contributed by atoms with Crippen molar-refractivity contribution in [2.75, 3.05) is 20.2 Å². The van der Waals surface area contributed by atoms with Gasteiger partial charge in [-0.3, -0.25) is 4.90 Å². The zero-order valence-corrected chi connectivity index (χ0v) is 16.2. The number of ether oxygens (including phenoxy) is 1. The van der Waals surface area contributed by atoms with E-state index in [1.807, 2.05) is 43.6 Å². The average molecular weight is 366 g/mol. The van der Waals surface area contributed by atoms with E-state index in [9.17, 15) is 0 Å². The summed E-state index contributed by atoms with van der Waals surface area (Å²) in [4.78, 5) is 11.8. The highest BCUT2D eigenvalue weighted by molar-refractivity contribution is 5.55. The molecule has 2 aromatic heterocycles. The zero-order valence-electron chi connectivity index (χ0n) is 16.2. The quantitative estimate of drug-likeness (QED) is 0.688. The lowest BCUT2D eigenvalue weighted by molar-refractivity contribution is 0.192. The second-order valence-electron chi connectivity index (χ2n) is 7.22. The van der Waals surface area contributed by atoms with Crippen molar-refractivity contribution in [2.24, 2.45) is 7.05 Å². The third-order valence-corrected chi connectivity index (χ3v) is 5.33. The van der Waals surface area contributed by atoms with Gasteiger partial charge in [-0.2, -0.15) is 0 Å².